The number of aryl methyl sites for hydroxylation is 1. The SMILES string of the molecule is Cc1nccc(CNCC2CCOCO2)n1. The van der Waals surface area contributed by atoms with Gasteiger partial charge in [-0.05, 0) is 19.4 Å². The van der Waals surface area contributed by atoms with Gasteiger partial charge in [0.2, 0.25) is 0 Å². The molecular formula is C11H17N3O2. The monoisotopic (exact) mass is 223 g/mol. The molecular weight excluding hydrogens is 206 g/mol. The second-order valence-corrected chi connectivity index (χ2v) is 3.83. The molecule has 0 aliphatic carbocycles. The van der Waals surface area contributed by atoms with E-state index in [0.717, 1.165) is 37.6 Å². The van der Waals surface area contributed by atoms with Crippen LogP contribution in [-0.4, -0.2) is 36.0 Å². The molecule has 1 saturated heterocycles. The van der Waals surface area contributed by atoms with E-state index in [0.29, 0.717) is 6.79 Å². The maximum atomic E-state index is 5.42. The van der Waals surface area contributed by atoms with Crippen molar-refractivity contribution in [2.24, 2.45) is 0 Å². The van der Waals surface area contributed by atoms with E-state index in [1.807, 2.05) is 13.0 Å². The van der Waals surface area contributed by atoms with Crippen molar-refractivity contribution in [1.29, 1.82) is 0 Å². The summed E-state index contributed by atoms with van der Waals surface area (Å²) in [5, 5.41) is 3.33. The maximum Gasteiger partial charge on any atom is 0.147 e. The molecule has 1 unspecified atom stereocenters. The number of hydrogen-bond acceptors (Lipinski definition) is 5. The van der Waals surface area contributed by atoms with Gasteiger partial charge in [0.25, 0.3) is 0 Å². The van der Waals surface area contributed by atoms with E-state index >= 15 is 0 Å². The van der Waals surface area contributed by atoms with Gasteiger partial charge in [-0.1, -0.05) is 0 Å². The van der Waals surface area contributed by atoms with Crippen molar-refractivity contribution >= 4 is 0 Å². The molecule has 1 aliphatic heterocycles. The zero-order valence-electron chi connectivity index (χ0n) is 9.48. The third-order valence-electron chi connectivity index (χ3n) is 2.48. The van der Waals surface area contributed by atoms with E-state index in [9.17, 15) is 0 Å². The standard InChI is InChI=1S/C11H17N3O2/c1-9-13-4-2-10(14-9)6-12-7-11-3-5-15-8-16-11/h2,4,11-12H,3,5-8H2,1H3. The molecule has 88 valence electrons. The number of aromatic nitrogens is 2. The molecule has 2 heterocycles. The van der Waals surface area contributed by atoms with Gasteiger partial charge < -0.3 is 14.8 Å². The summed E-state index contributed by atoms with van der Waals surface area (Å²) in [4.78, 5) is 8.37. The Balaban J connectivity index is 1.71. The summed E-state index contributed by atoms with van der Waals surface area (Å²) in [6.07, 6.45) is 3.00. The minimum absolute atomic E-state index is 0.261. The summed E-state index contributed by atoms with van der Waals surface area (Å²) >= 11 is 0. The lowest BCUT2D eigenvalue weighted by Gasteiger charge is -2.22. The largest absolute Gasteiger partial charge is 0.355 e. The Morgan fingerprint density at radius 2 is 2.50 bits per heavy atom. The molecule has 0 bridgehead atoms. The average molecular weight is 223 g/mol. The first-order valence-electron chi connectivity index (χ1n) is 5.53. The van der Waals surface area contributed by atoms with Crippen LogP contribution < -0.4 is 5.32 Å². The van der Waals surface area contributed by atoms with Crippen LogP contribution in [-0.2, 0) is 16.0 Å². The van der Waals surface area contributed by atoms with Crippen LogP contribution in [0.4, 0.5) is 0 Å². The van der Waals surface area contributed by atoms with Crippen molar-refractivity contribution in [3.05, 3.63) is 23.8 Å². The highest BCUT2D eigenvalue weighted by Crippen LogP contribution is 2.04. The number of ether oxygens (including phenoxy) is 2. The summed E-state index contributed by atoms with van der Waals surface area (Å²) in [5.41, 5.74) is 1.01. The van der Waals surface area contributed by atoms with E-state index in [1.54, 1.807) is 6.20 Å². The summed E-state index contributed by atoms with van der Waals surface area (Å²) in [6.45, 7) is 4.69. The summed E-state index contributed by atoms with van der Waals surface area (Å²) < 4.78 is 10.5. The molecule has 0 saturated carbocycles. The Labute approximate surface area is 95.2 Å². The number of nitrogens with zero attached hydrogens (tertiary/aromatic N) is 2. The Morgan fingerprint density at radius 1 is 1.56 bits per heavy atom. The molecule has 1 fully saturated rings. The van der Waals surface area contributed by atoms with Crippen LogP contribution in [0.25, 0.3) is 0 Å². The highest BCUT2D eigenvalue weighted by molar-refractivity contribution is 5.00. The number of nitrogens with one attached hydrogen (secondary N) is 1. The lowest BCUT2D eigenvalue weighted by atomic mass is 10.2. The van der Waals surface area contributed by atoms with Gasteiger partial charge in [-0.3, -0.25) is 0 Å². The molecule has 0 radical (unpaired) electrons. The number of hydrogen-bond donors (Lipinski definition) is 1. The van der Waals surface area contributed by atoms with Gasteiger partial charge in [0.05, 0.1) is 18.4 Å². The Hall–Kier alpha value is -1.04. The van der Waals surface area contributed by atoms with Gasteiger partial charge in [0.15, 0.2) is 0 Å². The quantitative estimate of drug-likeness (QED) is 0.811. The van der Waals surface area contributed by atoms with Crippen molar-refractivity contribution in [2.45, 2.75) is 26.0 Å². The Kier molecular flexibility index (Phi) is 4.21. The molecule has 1 aliphatic rings. The Bertz CT molecular complexity index is 327. The van der Waals surface area contributed by atoms with Crippen molar-refractivity contribution in [1.82, 2.24) is 15.3 Å². The smallest absolute Gasteiger partial charge is 0.147 e. The molecule has 0 aromatic carbocycles. The highest BCUT2D eigenvalue weighted by atomic mass is 16.7. The Morgan fingerprint density at radius 3 is 3.25 bits per heavy atom. The minimum Gasteiger partial charge on any atom is -0.355 e. The topological polar surface area (TPSA) is 56.3 Å². The number of rotatable bonds is 4. The second-order valence-electron chi connectivity index (χ2n) is 3.83. The van der Waals surface area contributed by atoms with E-state index in [1.165, 1.54) is 0 Å². The zero-order chi connectivity index (χ0) is 11.2. The highest BCUT2D eigenvalue weighted by Gasteiger charge is 2.13. The summed E-state index contributed by atoms with van der Waals surface area (Å²) in [7, 11) is 0. The van der Waals surface area contributed by atoms with Crippen LogP contribution in [0.3, 0.4) is 0 Å². The van der Waals surface area contributed by atoms with Gasteiger partial charge >= 0.3 is 0 Å². The van der Waals surface area contributed by atoms with Gasteiger partial charge in [-0.2, -0.15) is 0 Å². The van der Waals surface area contributed by atoms with Crippen molar-refractivity contribution in [3.8, 4) is 0 Å². The normalized spacial score (nSPS) is 20.9. The van der Waals surface area contributed by atoms with Crippen molar-refractivity contribution < 1.29 is 9.47 Å². The van der Waals surface area contributed by atoms with Gasteiger partial charge in [-0.15, -0.1) is 0 Å². The van der Waals surface area contributed by atoms with Crippen LogP contribution in [0.15, 0.2) is 12.3 Å². The lowest BCUT2D eigenvalue weighted by Crippen LogP contribution is -2.33. The fourth-order valence-corrected chi connectivity index (χ4v) is 1.63. The summed E-state index contributed by atoms with van der Waals surface area (Å²) in [5.74, 6) is 0.807. The first-order chi connectivity index (χ1) is 7.84. The van der Waals surface area contributed by atoms with E-state index in [4.69, 9.17) is 9.47 Å². The zero-order valence-corrected chi connectivity index (χ0v) is 9.48. The molecule has 1 aromatic rings. The van der Waals surface area contributed by atoms with Crippen LogP contribution in [0, 0.1) is 6.92 Å². The van der Waals surface area contributed by atoms with Gasteiger partial charge in [0, 0.05) is 19.3 Å². The molecule has 0 spiro atoms. The molecule has 1 N–H and O–H groups in total. The molecule has 1 aromatic heterocycles. The fourth-order valence-electron chi connectivity index (χ4n) is 1.63. The second kappa shape index (κ2) is 5.89. The molecule has 5 heteroatoms. The van der Waals surface area contributed by atoms with Crippen LogP contribution in [0.1, 0.15) is 17.9 Å². The van der Waals surface area contributed by atoms with Crippen LogP contribution in [0.2, 0.25) is 0 Å². The first kappa shape index (κ1) is 11.4. The molecule has 0 amide bonds. The fraction of sp³-hybridized carbons (Fsp3) is 0.636. The van der Waals surface area contributed by atoms with Gasteiger partial charge in [-0.25, -0.2) is 9.97 Å². The van der Waals surface area contributed by atoms with Crippen molar-refractivity contribution in [2.75, 3.05) is 19.9 Å². The molecule has 16 heavy (non-hydrogen) atoms. The average Bonchev–Trinajstić information content (AvgIpc) is 2.30. The minimum atomic E-state index is 0.261. The predicted octanol–water partition coefficient (Wildman–Crippen LogP) is 0.638. The van der Waals surface area contributed by atoms with E-state index < -0.39 is 0 Å². The maximum absolute atomic E-state index is 5.42. The lowest BCUT2D eigenvalue weighted by molar-refractivity contribution is -0.137. The third-order valence-corrected chi connectivity index (χ3v) is 2.48. The van der Waals surface area contributed by atoms with Crippen LogP contribution >= 0.6 is 0 Å². The summed E-state index contributed by atoms with van der Waals surface area (Å²) in [6, 6.07) is 1.92. The molecule has 5 nitrogen and oxygen atoms in total. The van der Waals surface area contributed by atoms with Crippen molar-refractivity contribution in [3.63, 3.8) is 0 Å². The predicted molar refractivity (Wildman–Crippen MR) is 58.8 cm³/mol. The molecule has 1 atom stereocenters. The van der Waals surface area contributed by atoms with Gasteiger partial charge in [0.1, 0.15) is 12.6 Å². The third kappa shape index (κ3) is 3.52. The van der Waals surface area contributed by atoms with E-state index in [-0.39, 0.29) is 6.10 Å². The first-order valence-corrected chi connectivity index (χ1v) is 5.53. The molecule has 2 rings (SSSR count). The van der Waals surface area contributed by atoms with E-state index in [2.05, 4.69) is 15.3 Å². The van der Waals surface area contributed by atoms with Crippen LogP contribution in [0.5, 0.6) is 0 Å².